The molecule has 1 saturated carbocycles. The van der Waals surface area contributed by atoms with E-state index >= 15 is 0 Å². The number of nitrogens with two attached hydrogens (primary N) is 1. The van der Waals surface area contributed by atoms with E-state index in [0.717, 1.165) is 36.9 Å². The number of hydrogen-bond donors (Lipinski definition) is 3. The van der Waals surface area contributed by atoms with Crippen molar-refractivity contribution >= 4 is 11.8 Å². The van der Waals surface area contributed by atoms with Gasteiger partial charge in [-0.25, -0.2) is 9.97 Å². The van der Waals surface area contributed by atoms with Gasteiger partial charge in [-0.15, -0.1) is 0 Å². The van der Waals surface area contributed by atoms with Crippen LogP contribution < -0.4 is 16.4 Å². The van der Waals surface area contributed by atoms with Crippen molar-refractivity contribution in [1.82, 2.24) is 25.1 Å². The molecule has 2 aromatic heterocycles. The van der Waals surface area contributed by atoms with Crippen LogP contribution in [0, 0.1) is 0 Å². The number of nitrogens with one attached hydrogen (secondary N) is 2. The highest BCUT2D eigenvalue weighted by atomic mass is 15.3. The number of aromatic nitrogens is 4. The van der Waals surface area contributed by atoms with Gasteiger partial charge in [-0.1, -0.05) is 6.58 Å². The number of rotatable bonds is 5. The van der Waals surface area contributed by atoms with E-state index in [1.54, 1.807) is 23.3 Å². The van der Waals surface area contributed by atoms with Crippen molar-refractivity contribution in [3.63, 3.8) is 0 Å². The first-order chi connectivity index (χ1) is 11.2. The van der Waals surface area contributed by atoms with Crippen LogP contribution in [0.15, 0.2) is 31.2 Å². The second kappa shape index (κ2) is 6.68. The lowest BCUT2D eigenvalue weighted by Gasteiger charge is -2.29. The fourth-order valence-electron chi connectivity index (χ4n) is 2.98. The first kappa shape index (κ1) is 15.3. The molecule has 7 nitrogen and oxygen atoms in total. The summed E-state index contributed by atoms with van der Waals surface area (Å²) in [6.07, 6.45) is 9.69. The van der Waals surface area contributed by atoms with Gasteiger partial charge >= 0.3 is 0 Å². The Morgan fingerprint density at radius 2 is 2.04 bits per heavy atom. The molecule has 1 aliphatic rings. The van der Waals surface area contributed by atoms with Crippen molar-refractivity contribution in [3.8, 4) is 11.3 Å². The Labute approximate surface area is 136 Å². The Hall–Kier alpha value is -2.57. The number of nitrogen functional groups attached to an aromatic ring is 1. The van der Waals surface area contributed by atoms with Crippen molar-refractivity contribution in [2.45, 2.75) is 37.8 Å². The van der Waals surface area contributed by atoms with Gasteiger partial charge in [0.25, 0.3) is 0 Å². The van der Waals surface area contributed by atoms with E-state index in [1.807, 2.05) is 13.1 Å². The maximum Gasteiger partial charge on any atom is 0.223 e. The Balaban J connectivity index is 1.67. The molecule has 0 saturated heterocycles. The van der Waals surface area contributed by atoms with Gasteiger partial charge in [-0.2, -0.15) is 5.10 Å². The van der Waals surface area contributed by atoms with Crippen LogP contribution in [-0.4, -0.2) is 31.8 Å². The Morgan fingerprint density at radius 1 is 1.30 bits per heavy atom. The van der Waals surface area contributed by atoms with Gasteiger partial charge < -0.3 is 16.4 Å². The zero-order valence-electron chi connectivity index (χ0n) is 13.4. The molecule has 0 radical (unpaired) electrons. The van der Waals surface area contributed by atoms with Crippen LogP contribution >= 0.6 is 0 Å². The average Bonchev–Trinajstić information content (AvgIpc) is 2.89. The third-order valence-corrected chi connectivity index (χ3v) is 4.33. The molecule has 0 unspecified atom stereocenters. The molecule has 122 valence electrons. The van der Waals surface area contributed by atoms with Crippen molar-refractivity contribution < 1.29 is 0 Å². The summed E-state index contributed by atoms with van der Waals surface area (Å²) in [5.74, 6) is 1.25. The van der Waals surface area contributed by atoms with Gasteiger partial charge in [-0.3, -0.25) is 4.68 Å². The highest BCUT2D eigenvalue weighted by Gasteiger charge is 2.21. The lowest BCUT2D eigenvalue weighted by molar-refractivity contribution is 0.379. The summed E-state index contributed by atoms with van der Waals surface area (Å²) in [7, 11) is 1.81. The third-order valence-electron chi connectivity index (χ3n) is 4.33. The van der Waals surface area contributed by atoms with E-state index in [1.165, 1.54) is 0 Å². The van der Waals surface area contributed by atoms with E-state index in [9.17, 15) is 0 Å². The quantitative estimate of drug-likeness (QED) is 0.781. The molecule has 0 aromatic carbocycles. The molecule has 0 amide bonds. The molecule has 0 atom stereocenters. The average molecular weight is 313 g/mol. The fourth-order valence-corrected chi connectivity index (χ4v) is 2.98. The molecule has 0 spiro atoms. The molecule has 1 aliphatic carbocycles. The number of nitrogens with zero attached hydrogens (tertiary/aromatic N) is 4. The monoisotopic (exact) mass is 313 g/mol. The summed E-state index contributed by atoms with van der Waals surface area (Å²) in [6, 6.07) is 2.79. The van der Waals surface area contributed by atoms with Gasteiger partial charge in [0.05, 0.1) is 17.5 Å². The summed E-state index contributed by atoms with van der Waals surface area (Å²) in [6.45, 7) is 3.73. The third kappa shape index (κ3) is 3.44. The van der Waals surface area contributed by atoms with E-state index in [0.29, 0.717) is 23.8 Å². The predicted octanol–water partition coefficient (Wildman–Crippen LogP) is 1.92. The lowest BCUT2D eigenvalue weighted by atomic mass is 9.91. The van der Waals surface area contributed by atoms with Crippen molar-refractivity contribution in [2.75, 3.05) is 11.1 Å². The molecule has 0 aliphatic heterocycles. The first-order valence-electron chi connectivity index (χ1n) is 7.91. The summed E-state index contributed by atoms with van der Waals surface area (Å²) < 4.78 is 1.64. The number of aryl methyl sites for hydroxylation is 1. The molecule has 3 rings (SSSR count). The van der Waals surface area contributed by atoms with Crippen molar-refractivity contribution in [2.24, 2.45) is 7.05 Å². The van der Waals surface area contributed by atoms with Crippen LogP contribution in [-0.2, 0) is 7.05 Å². The maximum atomic E-state index is 6.02. The van der Waals surface area contributed by atoms with Gasteiger partial charge in [0, 0.05) is 25.3 Å². The number of anilines is 2. The smallest absolute Gasteiger partial charge is 0.223 e. The Kier molecular flexibility index (Phi) is 4.45. The zero-order valence-corrected chi connectivity index (χ0v) is 13.4. The fraction of sp³-hybridized carbons (Fsp3) is 0.438. The molecule has 7 heteroatoms. The van der Waals surface area contributed by atoms with Crippen molar-refractivity contribution in [3.05, 3.63) is 31.2 Å². The molecule has 1 fully saturated rings. The summed E-state index contributed by atoms with van der Waals surface area (Å²) in [5.41, 5.74) is 7.63. The minimum atomic E-state index is 0.402. The minimum Gasteiger partial charge on any atom is -0.389 e. The van der Waals surface area contributed by atoms with Crippen LogP contribution in [0.1, 0.15) is 25.7 Å². The Morgan fingerprint density at radius 3 is 2.70 bits per heavy atom. The molecule has 23 heavy (non-hydrogen) atoms. The van der Waals surface area contributed by atoms with E-state index in [4.69, 9.17) is 5.73 Å². The van der Waals surface area contributed by atoms with E-state index < -0.39 is 0 Å². The molecular formula is C16H23N7. The normalized spacial score (nSPS) is 20.9. The summed E-state index contributed by atoms with van der Waals surface area (Å²) in [5, 5.41) is 10.9. The van der Waals surface area contributed by atoms with Gasteiger partial charge in [0.1, 0.15) is 5.82 Å². The first-order valence-corrected chi connectivity index (χ1v) is 7.91. The predicted molar refractivity (Wildman–Crippen MR) is 91.6 cm³/mol. The highest BCUT2D eigenvalue weighted by molar-refractivity contribution is 5.70. The second-order valence-electron chi connectivity index (χ2n) is 5.90. The highest BCUT2D eigenvalue weighted by Crippen LogP contribution is 2.25. The number of hydrogen-bond acceptors (Lipinski definition) is 6. The Bertz CT molecular complexity index is 671. The van der Waals surface area contributed by atoms with Crippen LogP contribution in [0.3, 0.4) is 0 Å². The second-order valence-corrected chi connectivity index (χ2v) is 5.90. The molecular weight excluding hydrogens is 290 g/mol. The SMILES string of the molecule is C=CNC1CCC(Nc2nccc(-c3cnn(C)c3N)n2)CC1. The van der Waals surface area contributed by atoms with Crippen LogP contribution in [0.4, 0.5) is 11.8 Å². The largest absolute Gasteiger partial charge is 0.389 e. The zero-order chi connectivity index (χ0) is 16.2. The standard InChI is InChI=1S/C16H23N7/c1-3-18-11-4-6-12(7-5-11)21-16-19-9-8-14(22-16)13-10-20-23(2)15(13)17/h3,8-12,18H,1,4-7,17H2,2H3,(H,19,21,22). The minimum absolute atomic E-state index is 0.402. The van der Waals surface area contributed by atoms with Gasteiger partial charge in [0.2, 0.25) is 5.95 Å². The van der Waals surface area contributed by atoms with Crippen LogP contribution in [0.25, 0.3) is 11.3 Å². The van der Waals surface area contributed by atoms with E-state index in [-0.39, 0.29) is 0 Å². The maximum absolute atomic E-state index is 6.02. The topological polar surface area (TPSA) is 93.7 Å². The van der Waals surface area contributed by atoms with Crippen molar-refractivity contribution in [1.29, 1.82) is 0 Å². The van der Waals surface area contributed by atoms with Gasteiger partial charge in [-0.05, 0) is 37.9 Å². The molecule has 4 N–H and O–H groups in total. The van der Waals surface area contributed by atoms with Crippen LogP contribution in [0.5, 0.6) is 0 Å². The molecule has 2 aromatic rings. The summed E-state index contributed by atoms with van der Waals surface area (Å²) >= 11 is 0. The van der Waals surface area contributed by atoms with Crippen LogP contribution in [0.2, 0.25) is 0 Å². The van der Waals surface area contributed by atoms with E-state index in [2.05, 4.69) is 32.3 Å². The lowest BCUT2D eigenvalue weighted by Crippen LogP contribution is -2.34. The summed E-state index contributed by atoms with van der Waals surface area (Å²) in [4.78, 5) is 8.91. The molecule has 2 heterocycles. The molecule has 0 bridgehead atoms. The van der Waals surface area contributed by atoms with Gasteiger partial charge in [0.15, 0.2) is 0 Å².